The van der Waals surface area contributed by atoms with Crippen LogP contribution in [0.3, 0.4) is 0 Å². The van der Waals surface area contributed by atoms with Crippen molar-refractivity contribution in [1.82, 2.24) is 10.3 Å². The lowest BCUT2D eigenvalue weighted by atomic mass is 10.1. The van der Waals surface area contributed by atoms with E-state index in [1.54, 1.807) is 36.5 Å². The van der Waals surface area contributed by atoms with Gasteiger partial charge in [-0.3, -0.25) is 4.79 Å². The SMILES string of the molecule is COc1cccc(C(O)C(=O)NCCc2c[nH]c3ccc(F)cc23)c1. The minimum absolute atomic E-state index is 0.300. The maximum absolute atomic E-state index is 13.4. The lowest BCUT2D eigenvalue weighted by molar-refractivity contribution is -0.129. The molecule has 2 aromatic carbocycles. The number of carbonyl (C=O) groups excluding carboxylic acids is 1. The number of aromatic amines is 1. The highest BCUT2D eigenvalue weighted by molar-refractivity contribution is 5.84. The molecule has 130 valence electrons. The summed E-state index contributed by atoms with van der Waals surface area (Å²) in [5.74, 6) is -0.213. The highest BCUT2D eigenvalue weighted by Gasteiger charge is 2.17. The molecular formula is C19H19FN2O3. The maximum Gasteiger partial charge on any atom is 0.253 e. The highest BCUT2D eigenvalue weighted by atomic mass is 19.1. The van der Waals surface area contributed by atoms with Gasteiger partial charge in [0.1, 0.15) is 11.6 Å². The first kappa shape index (κ1) is 17.0. The second-order valence-corrected chi connectivity index (χ2v) is 5.72. The van der Waals surface area contributed by atoms with Crippen molar-refractivity contribution in [3.8, 4) is 5.75 Å². The normalized spacial score (nSPS) is 12.1. The largest absolute Gasteiger partial charge is 0.497 e. The van der Waals surface area contributed by atoms with Crippen molar-refractivity contribution in [3.05, 3.63) is 65.6 Å². The molecule has 0 aliphatic rings. The summed E-state index contributed by atoms with van der Waals surface area (Å²) < 4.78 is 18.5. The Morgan fingerprint density at radius 1 is 1.32 bits per heavy atom. The first-order chi connectivity index (χ1) is 12.1. The van der Waals surface area contributed by atoms with E-state index in [2.05, 4.69) is 10.3 Å². The Labute approximate surface area is 144 Å². The molecule has 0 aliphatic carbocycles. The summed E-state index contributed by atoms with van der Waals surface area (Å²) in [4.78, 5) is 15.2. The number of aliphatic hydroxyl groups excluding tert-OH is 1. The molecule has 0 aliphatic heterocycles. The Morgan fingerprint density at radius 2 is 2.16 bits per heavy atom. The van der Waals surface area contributed by atoms with Gasteiger partial charge in [0.25, 0.3) is 5.91 Å². The third-order valence-electron chi connectivity index (χ3n) is 4.08. The molecule has 0 fully saturated rings. The molecule has 6 heteroatoms. The predicted molar refractivity (Wildman–Crippen MR) is 92.9 cm³/mol. The van der Waals surface area contributed by atoms with Crippen LogP contribution in [0.2, 0.25) is 0 Å². The minimum atomic E-state index is -1.27. The van der Waals surface area contributed by atoms with Crippen molar-refractivity contribution in [3.63, 3.8) is 0 Å². The third kappa shape index (κ3) is 3.80. The molecule has 3 aromatic rings. The van der Waals surface area contributed by atoms with Gasteiger partial charge in [0.15, 0.2) is 6.10 Å². The number of H-pyrrole nitrogens is 1. The molecule has 0 saturated carbocycles. The molecule has 1 amide bonds. The van der Waals surface area contributed by atoms with Gasteiger partial charge < -0.3 is 20.1 Å². The van der Waals surface area contributed by atoms with E-state index in [0.29, 0.717) is 24.3 Å². The van der Waals surface area contributed by atoms with Gasteiger partial charge in [-0.1, -0.05) is 12.1 Å². The monoisotopic (exact) mass is 342 g/mol. The fourth-order valence-electron chi connectivity index (χ4n) is 2.74. The van der Waals surface area contributed by atoms with Gasteiger partial charge in [-0.05, 0) is 47.9 Å². The van der Waals surface area contributed by atoms with Crippen LogP contribution in [0.25, 0.3) is 10.9 Å². The minimum Gasteiger partial charge on any atom is -0.497 e. The Morgan fingerprint density at radius 3 is 2.96 bits per heavy atom. The first-order valence-corrected chi connectivity index (χ1v) is 7.93. The summed E-state index contributed by atoms with van der Waals surface area (Å²) >= 11 is 0. The maximum atomic E-state index is 13.4. The molecule has 0 saturated heterocycles. The van der Waals surface area contributed by atoms with E-state index < -0.39 is 12.0 Å². The number of aliphatic hydroxyl groups is 1. The second kappa shape index (κ2) is 7.36. The number of carbonyl (C=O) groups is 1. The van der Waals surface area contributed by atoms with Gasteiger partial charge in [0, 0.05) is 23.6 Å². The van der Waals surface area contributed by atoms with Crippen LogP contribution >= 0.6 is 0 Å². The number of rotatable bonds is 6. The van der Waals surface area contributed by atoms with E-state index in [9.17, 15) is 14.3 Å². The van der Waals surface area contributed by atoms with Gasteiger partial charge >= 0.3 is 0 Å². The average Bonchev–Trinajstić information content (AvgIpc) is 3.03. The van der Waals surface area contributed by atoms with Crippen LogP contribution in [0.1, 0.15) is 17.2 Å². The number of nitrogens with one attached hydrogen (secondary N) is 2. The molecule has 1 unspecified atom stereocenters. The fourth-order valence-corrected chi connectivity index (χ4v) is 2.74. The van der Waals surface area contributed by atoms with E-state index in [0.717, 1.165) is 16.5 Å². The number of aromatic nitrogens is 1. The molecule has 5 nitrogen and oxygen atoms in total. The zero-order valence-electron chi connectivity index (χ0n) is 13.8. The van der Waals surface area contributed by atoms with E-state index >= 15 is 0 Å². The Balaban J connectivity index is 1.60. The van der Waals surface area contributed by atoms with E-state index in [-0.39, 0.29) is 5.82 Å². The summed E-state index contributed by atoms with van der Waals surface area (Å²) in [5, 5.41) is 13.6. The lowest BCUT2D eigenvalue weighted by Gasteiger charge is -2.12. The molecule has 0 radical (unpaired) electrons. The Bertz CT molecular complexity index is 891. The van der Waals surface area contributed by atoms with Crippen molar-refractivity contribution in [2.45, 2.75) is 12.5 Å². The fraction of sp³-hybridized carbons (Fsp3) is 0.211. The summed E-state index contributed by atoms with van der Waals surface area (Å²) in [6, 6.07) is 11.3. The highest BCUT2D eigenvalue weighted by Crippen LogP contribution is 2.21. The number of fused-ring (bicyclic) bond motifs is 1. The van der Waals surface area contributed by atoms with Crippen molar-refractivity contribution < 1.29 is 19.0 Å². The molecule has 1 atom stereocenters. The summed E-state index contributed by atoms with van der Waals surface area (Å²) in [5.41, 5.74) is 2.22. The number of methoxy groups -OCH3 is 1. The molecule has 3 N–H and O–H groups in total. The van der Waals surface area contributed by atoms with Crippen LogP contribution in [0.5, 0.6) is 5.75 Å². The molecular weight excluding hydrogens is 323 g/mol. The molecule has 1 heterocycles. The van der Waals surface area contributed by atoms with Crippen molar-refractivity contribution in [2.24, 2.45) is 0 Å². The number of halogens is 1. The number of amides is 1. The zero-order valence-corrected chi connectivity index (χ0v) is 13.8. The average molecular weight is 342 g/mol. The molecule has 0 bridgehead atoms. The Kier molecular flexibility index (Phi) is 5.00. The first-order valence-electron chi connectivity index (χ1n) is 7.93. The molecule has 3 rings (SSSR count). The predicted octanol–water partition coefficient (Wildman–Crippen LogP) is 2.71. The summed E-state index contributed by atoms with van der Waals surface area (Å²) in [7, 11) is 1.52. The van der Waals surface area contributed by atoms with Crippen LogP contribution in [-0.4, -0.2) is 29.7 Å². The second-order valence-electron chi connectivity index (χ2n) is 5.72. The molecule has 1 aromatic heterocycles. The van der Waals surface area contributed by atoms with Crippen LogP contribution in [0.4, 0.5) is 4.39 Å². The van der Waals surface area contributed by atoms with Gasteiger partial charge in [0.2, 0.25) is 0 Å². The van der Waals surface area contributed by atoms with Crippen molar-refractivity contribution >= 4 is 16.8 Å². The quantitative estimate of drug-likeness (QED) is 0.645. The molecule has 25 heavy (non-hydrogen) atoms. The standard InChI is InChI=1S/C19H19FN2O3/c1-25-15-4-2-3-12(9-15)18(23)19(24)21-8-7-13-11-22-17-6-5-14(20)10-16(13)17/h2-6,9-11,18,22-23H,7-8H2,1H3,(H,21,24). The van der Waals surface area contributed by atoms with Crippen molar-refractivity contribution in [1.29, 1.82) is 0 Å². The van der Waals surface area contributed by atoms with E-state index in [1.807, 2.05) is 0 Å². The Hall–Kier alpha value is -2.86. The van der Waals surface area contributed by atoms with Crippen LogP contribution in [-0.2, 0) is 11.2 Å². The number of benzene rings is 2. The van der Waals surface area contributed by atoms with E-state index in [4.69, 9.17) is 4.74 Å². The number of hydrogen-bond donors (Lipinski definition) is 3. The molecule has 0 spiro atoms. The van der Waals surface area contributed by atoms with Crippen LogP contribution in [0.15, 0.2) is 48.7 Å². The van der Waals surface area contributed by atoms with Gasteiger partial charge in [-0.2, -0.15) is 0 Å². The topological polar surface area (TPSA) is 74.3 Å². The van der Waals surface area contributed by atoms with Crippen LogP contribution in [0, 0.1) is 5.82 Å². The van der Waals surface area contributed by atoms with Gasteiger partial charge in [0.05, 0.1) is 7.11 Å². The van der Waals surface area contributed by atoms with Gasteiger partial charge in [-0.25, -0.2) is 4.39 Å². The van der Waals surface area contributed by atoms with E-state index in [1.165, 1.54) is 19.2 Å². The summed E-state index contributed by atoms with van der Waals surface area (Å²) in [6.07, 6.45) is 1.06. The lowest BCUT2D eigenvalue weighted by Crippen LogP contribution is -2.30. The third-order valence-corrected chi connectivity index (χ3v) is 4.08. The summed E-state index contributed by atoms with van der Waals surface area (Å²) in [6.45, 7) is 0.337. The van der Waals surface area contributed by atoms with Crippen molar-refractivity contribution in [2.75, 3.05) is 13.7 Å². The van der Waals surface area contributed by atoms with Crippen LogP contribution < -0.4 is 10.1 Å². The zero-order chi connectivity index (χ0) is 17.8. The van der Waals surface area contributed by atoms with Gasteiger partial charge in [-0.15, -0.1) is 0 Å². The number of hydrogen-bond acceptors (Lipinski definition) is 3. The smallest absolute Gasteiger partial charge is 0.253 e. The number of ether oxygens (including phenoxy) is 1.